The lowest BCUT2D eigenvalue weighted by Gasteiger charge is -2.09. The van der Waals surface area contributed by atoms with Crippen LogP contribution in [0, 0.1) is 17.0 Å². The minimum atomic E-state index is -0.497. The van der Waals surface area contributed by atoms with Crippen LogP contribution in [0.2, 0.25) is 5.02 Å². The maximum absolute atomic E-state index is 12.8. The van der Waals surface area contributed by atoms with Crippen molar-refractivity contribution < 1.29 is 14.5 Å². The third-order valence-electron chi connectivity index (χ3n) is 4.74. The van der Waals surface area contributed by atoms with E-state index in [0.29, 0.717) is 25.8 Å². The van der Waals surface area contributed by atoms with Crippen molar-refractivity contribution in [1.29, 1.82) is 0 Å². The number of hydrogen-bond acceptors (Lipinski definition) is 6. The highest BCUT2D eigenvalue weighted by atomic mass is 79.9. The molecule has 0 unspecified atom stereocenters. The zero-order valence-electron chi connectivity index (χ0n) is 18.3. The molecule has 35 heavy (non-hydrogen) atoms. The molecule has 178 valence electrons. The largest absolute Gasteiger partial charge is 0.470 e. The molecule has 0 saturated carbocycles. The van der Waals surface area contributed by atoms with E-state index in [0.717, 1.165) is 10.5 Å². The van der Waals surface area contributed by atoms with Crippen molar-refractivity contribution in [3.05, 3.63) is 104 Å². The van der Waals surface area contributed by atoms with Crippen molar-refractivity contribution in [1.82, 2.24) is 9.78 Å². The first-order valence-electron chi connectivity index (χ1n) is 10.2. The van der Waals surface area contributed by atoms with Gasteiger partial charge in [0.05, 0.1) is 9.40 Å². The number of rotatable bonds is 8. The summed E-state index contributed by atoms with van der Waals surface area (Å²) in [4.78, 5) is 25.3. The monoisotopic (exact) mass is 572 g/mol. The lowest BCUT2D eigenvalue weighted by atomic mass is 10.2. The van der Waals surface area contributed by atoms with Crippen LogP contribution in [-0.2, 0) is 6.73 Å². The average Bonchev–Trinajstić information content (AvgIpc) is 3.29. The fourth-order valence-corrected chi connectivity index (χ4v) is 4.75. The van der Waals surface area contributed by atoms with E-state index < -0.39 is 10.8 Å². The van der Waals surface area contributed by atoms with E-state index in [9.17, 15) is 14.9 Å². The topological polar surface area (TPSA) is 99.3 Å². The predicted octanol–water partition coefficient (Wildman–Crippen LogP) is 6.96. The van der Waals surface area contributed by atoms with Crippen LogP contribution in [0.5, 0.6) is 5.75 Å². The van der Waals surface area contributed by atoms with Gasteiger partial charge in [-0.05, 0) is 65.3 Å². The number of hydrogen-bond donors (Lipinski definition) is 1. The summed E-state index contributed by atoms with van der Waals surface area (Å²) >= 11 is 10.7. The van der Waals surface area contributed by atoms with E-state index in [4.69, 9.17) is 16.3 Å². The van der Waals surface area contributed by atoms with E-state index in [1.54, 1.807) is 30.5 Å². The van der Waals surface area contributed by atoms with Gasteiger partial charge >= 0.3 is 0 Å². The van der Waals surface area contributed by atoms with Crippen molar-refractivity contribution in [3.8, 4) is 5.75 Å². The van der Waals surface area contributed by atoms with E-state index in [1.165, 1.54) is 34.6 Å². The highest BCUT2D eigenvalue weighted by molar-refractivity contribution is 9.10. The molecular weight excluding hydrogens is 556 g/mol. The summed E-state index contributed by atoms with van der Waals surface area (Å²) < 4.78 is 7.85. The molecule has 1 N–H and O–H groups in total. The molecule has 1 heterocycles. The van der Waals surface area contributed by atoms with Crippen LogP contribution in [0.15, 0.2) is 87.2 Å². The summed E-state index contributed by atoms with van der Waals surface area (Å²) in [6.45, 7) is 2.06. The first-order valence-corrected chi connectivity index (χ1v) is 12.2. The van der Waals surface area contributed by atoms with E-state index >= 15 is 0 Å². The number of aromatic nitrogens is 2. The zero-order valence-corrected chi connectivity index (χ0v) is 21.4. The second-order valence-electron chi connectivity index (χ2n) is 7.43. The normalized spacial score (nSPS) is 10.7. The van der Waals surface area contributed by atoms with Crippen molar-refractivity contribution in [2.24, 2.45) is 0 Å². The first-order chi connectivity index (χ1) is 16.8. The summed E-state index contributed by atoms with van der Waals surface area (Å²) in [6.07, 6.45) is 1.60. The summed E-state index contributed by atoms with van der Waals surface area (Å²) in [5, 5.41) is 18.9. The van der Waals surface area contributed by atoms with Crippen LogP contribution in [0.25, 0.3) is 0 Å². The number of nitro benzene ring substituents is 1. The quantitative estimate of drug-likeness (QED) is 0.181. The number of ether oxygens (including phenoxy) is 1. The Labute approximate surface area is 218 Å². The number of carbonyl (C=O) groups is 1. The molecule has 4 rings (SSSR count). The molecule has 4 aromatic rings. The summed E-state index contributed by atoms with van der Waals surface area (Å²) in [5.41, 5.74) is 1.44. The number of amides is 1. The number of anilines is 1. The molecule has 0 aliphatic heterocycles. The van der Waals surface area contributed by atoms with Crippen LogP contribution in [0.4, 0.5) is 11.4 Å². The Morgan fingerprint density at radius 3 is 2.63 bits per heavy atom. The van der Waals surface area contributed by atoms with Gasteiger partial charge in [-0.3, -0.25) is 14.9 Å². The molecule has 0 aliphatic carbocycles. The van der Waals surface area contributed by atoms with Gasteiger partial charge < -0.3 is 10.1 Å². The fraction of sp³-hybridized carbons (Fsp3) is 0.0833. The lowest BCUT2D eigenvalue weighted by Crippen LogP contribution is -2.14. The van der Waals surface area contributed by atoms with Gasteiger partial charge in [-0.2, -0.15) is 5.10 Å². The smallest absolute Gasteiger partial charge is 0.276 e. The molecule has 1 amide bonds. The number of halogens is 2. The highest BCUT2D eigenvalue weighted by Gasteiger charge is 2.15. The van der Waals surface area contributed by atoms with E-state index in [-0.39, 0.29) is 18.1 Å². The number of benzene rings is 3. The second-order valence-corrected chi connectivity index (χ2v) is 9.87. The van der Waals surface area contributed by atoms with Crippen LogP contribution < -0.4 is 10.1 Å². The Hall–Kier alpha value is -3.34. The third kappa shape index (κ3) is 6.62. The number of nitro groups is 1. The Kier molecular flexibility index (Phi) is 7.74. The van der Waals surface area contributed by atoms with Gasteiger partial charge in [-0.15, -0.1) is 0 Å². The number of nitrogens with one attached hydrogen (secondary N) is 1. The molecule has 0 atom stereocenters. The van der Waals surface area contributed by atoms with Gasteiger partial charge in [0.25, 0.3) is 11.6 Å². The summed E-state index contributed by atoms with van der Waals surface area (Å²) in [6, 6.07) is 19.0. The van der Waals surface area contributed by atoms with Gasteiger partial charge in [-0.25, -0.2) is 4.68 Å². The zero-order chi connectivity index (χ0) is 24.9. The lowest BCUT2D eigenvalue weighted by molar-refractivity contribution is -0.385. The van der Waals surface area contributed by atoms with Gasteiger partial charge in [-0.1, -0.05) is 41.1 Å². The molecule has 3 aromatic carbocycles. The summed E-state index contributed by atoms with van der Waals surface area (Å²) in [5.74, 6) is 0.0781. The van der Waals surface area contributed by atoms with Crippen LogP contribution in [0.3, 0.4) is 0 Å². The third-order valence-corrected chi connectivity index (χ3v) is 6.57. The van der Waals surface area contributed by atoms with Gasteiger partial charge in [0.2, 0.25) is 0 Å². The second kappa shape index (κ2) is 10.9. The molecule has 0 saturated heterocycles. The molecule has 0 aliphatic rings. The van der Waals surface area contributed by atoms with Crippen molar-refractivity contribution in [3.63, 3.8) is 0 Å². The first kappa shape index (κ1) is 24.8. The Balaban J connectivity index is 1.46. The Bertz CT molecular complexity index is 1390. The van der Waals surface area contributed by atoms with Crippen LogP contribution in [-0.4, -0.2) is 20.6 Å². The van der Waals surface area contributed by atoms with E-state index in [2.05, 4.69) is 26.3 Å². The minimum absolute atomic E-state index is 0.0711. The average molecular weight is 574 g/mol. The standard InChI is InChI=1S/C24H18BrClN4O4S/c1-15-2-5-19(6-3-15)35-20-12-17(11-18(13-20)30(32)33)27-24(31)22-8-9-29(28-22)14-34-23-7-4-16(26)10-21(23)25/h2-13H,14H2,1H3,(H,27,31). The summed E-state index contributed by atoms with van der Waals surface area (Å²) in [7, 11) is 0. The number of aryl methyl sites for hydroxylation is 1. The van der Waals surface area contributed by atoms with Crippen LogP contribution in [0.1, 0.15) is 16.1 Å². The SMILES string of the molecule is Cc1ccc(Sc2cc(NC(=O)c3ccn(COc4ccc(Cl)cc4Br)n3)cc([N+](=O)[O-])c2)cc1. The van der Waals surface area contributed by atoms with Crippen molar-refractivity contribution in [2.45, 2.75) is 23.4 Å². The number of nitrogens with zero attached hydrogens (tertiary/aromatic N) is 3. The Morgan fingerprint density at radius 1 is 1.14 bits per heavy atom. The Morgan fingerprint density at radius 2 is 1.91 bits per heavy atom. The fourth-order valence-electron chi connectivity index (χ4n) is 3.04. The molecule has 1 aromatic heterocycles. The molecule has 0 bridgehead atoms. The van der Waals surface area contributed by atoms with Crippen molar-refractivity contribution >= 4 is 56.6 Å². The molecular formula is C24H18BrClN4O4S. The van der Waals surface area contributed by atoms with Gasteiger partial charge in [0.15, 0.2) is 12.4 Å². The van der Waals surface area contributed by atoms with Crippen molar-refractivity contribution in [2.75, 3.05) is 5.32 Å². The number of carbonyl (C=O) groups excluding carboxylic acids is 1. The molecule has 0 spiro atoms. The predicted molar refractivity (Wildman–Crippen MR) is 138 cm³/mol. The molecule has 0 radical (unpaired) electrons. The number of non-ortho nitro benzene ring substituents is 1. The minimum Gasteiger partial charge on any atom is -0.470 e. The molecule has 8 nitrogen and oxygen atoms in total. The molecule has 0 fully saturated rings. The molecule has 11 heteroatoms. The maximum Gasteiger partial charge on any atom is 0.276 e. The van der Waals surface area contributed by atoms with Gasteiger partial charge in [0.1, 0.15) is 5.75 Å². The maximum atomic E-state index is 12.8. The van der Waals surface area contributed by atoms with Gasteiger partial charge in [0, 0.05) is 38.8 Å². The van der Waals surface area contributed by atoms with E-state index in [1.807, 2.05) is 31.2 Å². The highest BCUT2D eigenvalue weighted by Crippen LogP contribution is 2.33. The van der Waals surface area contributed by atoms with Crippen LogP contribution >= 0.6 is 39.3 Å².